The molecule has 8 heteroatoms. The Bertz CT molecular complexity index is 643. The molecule has 0 spiro atoms. The van der Waals surface area contributed by atoms with E-state index in [2.05, 4.69) is 10.6 Å². The van der Waals surface area contributed by atoms with Crippen LogP contribution in [0.25, 0.3) is 0 Å². The van der Waals surface area contributed by atoms with Gasteiger partial charge >= 0.3 is 11.9 Å². The Balaban J connectivity index is 2.65. The molecule has 0 radical (unpaired) electrons. The third-order valence-corrected chi connectivity index (χ3v) is 2.48. The molecule has 0 atom stereocenters. The molecule has 1 rings (SSSR count). The zero-order valence-electron chi connectivity index (χ0n) is 11.4. The van der Waals surface area contributed by atoms with Crippen LogP contribution in [0, 0.1) is 11.3 Å². The molecule has 4 N–H and O–H groups in total. The number of hydrogen-bond donors (Lipinski definition) is 4. The zero-order valence-corrected chi connectivity index (χ0v) is 11.4. The number of anilines is 1. The highest BCUT2D eigenvalue weighted by Gasteiger charge is 2.10. The second-order valence-corrected chi connectivity index (χ2v) is 4.10. The van der Waals surface area contributed by atoms with Crippen LogP contribution in [0.15, 0.2) is 36.0 Å². The largest absolute Gasteiger partial charge is 0.481 e. The predicted octanol–water partition coefficient (Wildman–Crippen LogP) is 0.795. The minimum atomic E-state index is -1.09. The molecule has 0 aromatic heterocycles. The van der Waals surface area contributed by atoms with Gasteiger partial charge in [0.15, 0.2) is 0 Å². The lowest BCUT2D eigenvalue weighted by molar-refractivity contribution is -0.136. The van der Waals surface area contributed by atoms with Crippen LogP contribution in [-0.2, 0) is 9.59 Å². The minimum absolute atomic E-state index is 0.0735. The smallest absolute Gasteiger partial charge is 0.335 e. The second kappa shape index (κ2) is 8.06. The lowest BCUT2D eigenvalue weighted by atomic mass is 10.2. The Kier molecular flexibility index (Phi) is 6.12. The first-order valence-corrected chi connectivity index (χ1v) is 6.14. The summed E-state index contributed by atoms with van der Waals surface area (Å²) in [6.07, 6.45) is 0.984. The van der Waals surface area contributed by atoms with Crippen LogP contribution in [-0.4, -0.2) is 34.6 Å². The normalized spacial score (nSPS) is 10.4. The van der Waals surface area contributed by atoms with E-state index in [-0.39, 0.29) is 24.1 Å². The van der Waals surface area contributed by atoms with Gasteiger partial charge in [0.2, 0.25) is 0 Å². The lowest BCUT2D eigenvalue weighted by Gasteiger charge is -2.05. The van der Waals surface area contributed by atoms with Crippen molar-refractivity contribution in [2.75, 3.05) is 11.9 Å². The monoisotopic (exact) mass is 303 g/mol. The number of aliphatic carboxylic acids is 1. The number of aromatic carboxylic acids is 1. The molecular formula is C14H13N3O5. The Morgan fingerprint density at radius 2 is 1.82 bits per heavy atom. The van der Waals surface area contributed by atoms with Crippen LogP contribution in [0.4, 0.5) is 5.69 Å². The van der Waals surface area contributed by atoms with E-state index in [1.807, 2.05) is 0 Å². The molecule has 0 aliphatic rings. The fourth-order valence-electron chi connectivity index (χ4n) is 1.40. The van der Waals surface area contributed by atoms with Gasteiger partial charge in [-0.2, -0.15) is 5.26 Å². The van der Waals surface area contributed by atoms with E-state index in [1.165, 1.54) is 24.3 Å². The van der Waals surface area contributed by atoms with Crippen molar-refractivity contribution in [3.63, 3.8) is 0 Å². The fraction of sp³-hybridized carbons (Fsp3) is 0.143. The summed E-state index contributed by atoms with van der Waals surface area (Å²) in [5.74, 6) is -2.77. The molecule has 0 aliphatic heterocycles. The number of nitrogens with one attached hydrogen (secondary N) is 2. The summed E-state index contributed by atoms with van der Waals surface area (Å²) >= 11 is 0. The molecule has 114 valence electrons. The van der Waals surface area contributed by atoms with Crippen LogP contribution >= 0.6 is 0 Å². The lowest BCUT2D eigenvalue weighted by Crippen LogP contribution is -2.18. The van der Waals surface area contributed by atoms with Gasteiger partial charge in [-0.3, -0.25) is 9.59 Å². The van der Waals surface area contributed by atoms with Gasteiger partial charge < -0.3 is 20.8 Å². The summed E-state index contributed by atoms with van der Waals surface area (Å²) in [5.41, 5.74) is 0.179. The number of amides is 1. The van der Waals surface area contributed by atoms with Crippen molar-refractivity contribution in [1.29, 1.82) is 5.26 Å². The summed E-state index contributed by atoms with van der Waals surface area (Å²) < 4.78 is 0. The number of carbonyl (C=O) groups excluding carboxylic acids is 1. The molecule has 1 aromatic carbocycles. The molecular weight excluding hydrogens is 290 g/mol. The van der Waals surface area contributed by atoms with Gasteiger partial charge in [-0.05, 0) is 24.3 Å². The molecule has 1 aromatic rings. The summed E-state index contributed by atoms with van der Waals surface area (Å²) in [6.45, 7) is 0.0844. The molecule has 0 saturated carbocycles. The maximum absolute atomic E-state index is 11.8. The highest BCUT2D eigenvalue weighted by atomic mass is 16.4. The van der Waals surface area contributed by atoms with Crippen LogP contribution in [0.5, 0.6) is 0 Å². The second-order valence-electron chi connectivity index (χ2n) is 4.10. The van der Waals surface area contributed by atoms with Crippen LogP contribution in [0.3, 0.4) is 0 Å². The van der Waals surface area contributed by atoms with Crippen molar-refractivity contribution in [2.45, 2.75) is 6.42 Å². The van der Waals surface area contributed by atoms with Gasteiger partial charge in [0.05, 0.1) is 12.0 Å². The number of hydrogen-bond acceptors (Lipinski definition) is 5. The molecule has 22 heavy (non-hydrogen) atoms. The van der Waals surface area contributed by atoms with Gasteiger partial charge in [0.1, 0.15) is 11.6 Å². The molecule has 1 amide bonds. The summed E-state index contributed by atoms with van der Waals surface area (Å²) in [5, 5.41) is 31.1. The maximum atomic E-state index is 11.8. The maximum Gasteiger partial charge on any atom is 0.335 e. The Hall–Kier alpha value is -3.34. The SMILES string of the molecule is N#C/C(=C/NCCC(=O)O)C(=O)Nc1ccc(C(=O)O)cc1. The van der Waals surface area contributed by atoms with Gasteiger partial charge in [-0.25, -0.2) is 4.79 Å². The quantitative estimate of drug-likeness (QED) is 0.332. The average molecular weight is 303 g/mol. The van der Waals surface area contributed by atoms with E-state index in [1.54, 1.807) is 6.07 Å². The van der Waals surface area contributed by atoms with Crippen molar-refractivity contribution in [1.82, 2.24) is 5.32 Å². The Morgan fingerprint density at radius 1 is 1.18 bits per heavy atom. The van der Waals surface area contributed by atoms with Crippen molar-refractivity contribution in [2.24, 2.45) is 0 Å². The van der Waals surface area contributed by atoms with E-state index >= 15 is 0 Å². The number of rotatable bonds is 7. The van der Waals surface area contributed by atoms with E-state index in [4.69, 9.17) is 15.5 Å². The molecule has 0 aliphatic carbocycles. The van der Waals surface area contributed by atoms with Crippen molar-refractivity contribution >= 4 is 23.5 Å². The minimum Gasteiger partial charge on any atom is -0.481 e. The summed E-state index contributed by atoms with van der Waals surface area (Å²) in [6, 6.07) is 7.12. The molecule has 0 fully saturated rings. The molecule has 0 bridgehead atoms. The topological polar surface area (TPSA) is 140 Å². The molecule has 0 unspecified atom stereocenters. The van der Waals surface area contributed by atoms with Gasteiger partial charge in [-0.1, -0.05) is 0 Å². The van der Waals surface area contributed by atoms with Crippen LogP contribution < -0.4 is 10.6 Å². The van der Waals surface area contributed by atoms with E-state index in [0.29, 0.717) is 5.69 Å². The number of carbonyl (C=O) groups is 3. The summed E-state index contributed by atoms with van der Waals surface area (Å²) in [7, 11) is 0. The van der Waals surface area contributed by atoms with Crippen molar-refractivity contribution < 1.29 is 24.6 Å². The number of carboxylic acids is 2. The predicted molar refractivity (Wildman–Crippen MR) is 76.0 cm³/mol. The number of nitrogens with zero attached hydrogens (tertiary/aromatic N) is 1. The first-order valence-electron chi connectivity index (χ1n) is 6.14. The van der Waals surface area contributed by atoms with Gasteiger partial charge in [-0.15, -0.1) is 0 Å². The summed E-state index contributed by atoms with van der Waals surface area (Å²) in [4.78, 5) is 32.8. The van der Waals surface area contributed by atoms with Crippen molar-refractivity contribution in [3.8, 4) is 6.07 Å². The fourth-order valence-corrected chi connectivity index (χ4v) is 1.40. The standard InChI is InChI=1S/C14H13N3O5/c15-7-10(8-16-6-5-12(18)19)13(20)17-11-3-1-9(2-4-11)14(21)22/h1-4,8,16H,5-6H2,(H,17,20)(H,18,19)(H,21,22)/b10-8-. The Labute approximate surface area is 125 Å². The third kappa shape index (κ3) is 5.34. The zero-order chi connectivity index (χ0) is 16.5. The molecule has 8 nitrogen and oxygen atoms in total. The average Bonchev–Trinajstić information content (AvgIpc) is 2.47. The van der Waals surface area contributed by atoms with E-state index in [9.17, 15) is 14.4 Å². The Morgan fingerprint density at radius 3 is 2.32 bits per heavy atom. The highest BCUT2D eigenvalue weighted by molar-refractivity contribution is 6.06. The van der Waals surface area contributed by atoms with E-state index < -0.39 is 17.8 Å². The molecule has 0 heterocycles. The molecule has 0 saturated heterocycles. The highest BCUT2D eigenvalue weighted by Crippen LogP contribution is 2.10. The van der Waals surface area contributed by atoms with Crippen molar-refractivity contribution in [3.05, 3.63) is 41.6 Å². The third-order valence-electron chi connectivity index (χ3n) is 2.48. The first-order chi connectivity index (χ1) is 10.4. The van der Waals surface area contributed by atoms with Crippen LogP contribution in [0.1, 0.15) is 16.8 Å². The number of nitriles is 1. The van der Waals surface area contributed by atoms with Crippen LogP contribution in [0.2, 0.25) is 0 Å². The van der Waals surface area contributed by atoms with Gasteiger partial charge in [0.25, 0.3) is 5.91 Å². The van der Waals surface area contributed by atoms with Gasteiger partial charge in [0, 0.05) is 18.4 Å². The van der Waals surface area contributed by atoms with E-state index in [0.717, 1.165) is 6.20 Å². The number of benzene rings is 1. The first kappa shape index (κ1) is 16.7. The number of carboxylic acid groups (broad SMARTS) is 2.